The van der Waals surface area contributed by atoms with Crippen molar-refractivity contribution in [1.29, 1.82) is 5.41 Å². The lowest BCUT2D eigenvalue weighted by Crippen LogP contribution is -2.34. The lowest BCUT2D eigenvalue weighted by atomic mass is 10.1. The first-order valence-electron chi connectivity index (χ1n) is 6.21. The summed E-state index contributed by atoms with van der Waals surface area (Å²) in [5, 5.41) is 7.47. The van der Waals surface area contributed by atoms with Crippen molar-refractivity contribution in [3.05, 3.63) is 23.9 Å². The summed E-state index contributed by atoms with van der Waals surface area (Å²) in [6, 6.07) is 4.22. The van der Waals surface area contributed by atoms with Crippen molar-refractivity contribution in [3.63, 3.8) is 0 Å². The van der Waals surface area contributed by atoms with E-state index in [1.54, 1.807) is 12.3 Å². The quantitative estimate of drug-likeness (QED) is 0.611. The summed E-state index contributed by atoms with van der Waals surface area (Å²) < 4.78 is 0. The average Bonchev–Trinajstić information content (AvgIpc) is 2.71. The Morgan fingerprint density at radius 2 is 2.22 bits per heavy atom. The molecular weight excluding hydrogens is 226 g/mol. The van der Waals surface area contributed by atoms with E-state index in [0.29, 0.717) is 12.0 Å². The van der Waals surface area contributed by atoms with Crippen LogP contribution < -0.4 is 10.6 Å². The fraction of sp³-hybridized carbons (Fsp3) is 0.538. The molecule has 3 N–H and O–H groups in total. The molecule has 1 aliphatic heterocycles. The number of aromatic nitrogens is 1. The molecule has 98 valence electrons. The maximum absolute atomic E-state index is 7.47. The third-order valence-corrected chi connectivity index (χ3v) is 3.62. The fourth-order valence-corrected chi connectivity index (χ4v) is 2.57. The fourth-order valence-electron chi connectivity index (χ4n) is 2.57. The molecule has 18 heavy (non-hydrogen) atoms. The van der Waals surface area contributed by atoms with Crippen molar-refractivity contribution in [2.45, 2.75) is 13.0 Å². The van der Waals surface area contributed by atoms with Gasteiger partial charge in [0, 0.05) is 30.9 Å². The molecule has 0 bridgehead atoms. The Bertz CT molecular complexity index is 443. The first-order valence-corrected chi connectivity index (χ1v) is 6.21. The van der Waals surface area contributed by atoms with E-state index in [4.69, 9.17) is 11.1 Å². The predicted molar refractivity (Wildman–Crippen MR) is 74.1 cm³/mol. The number of amidine groups is 1. The van der Waals surface area contributed by atoms with Crippen LogP contribution in [0.25, 0.3) is 0 Å². The van der Waals surface area contributed by atoms with Crippen molar-refractivity contribution in [1.82, 2.24) is 9.88 Å². The molecule has 1 aromatic heterocycles. The summed E-state index contributed by atoms with van der Waals surface area (Å²) in [5.41, 5.74) is 6.25. The van der Waals surface area contributed by atoms with E-state index in [2.05, 4.69) is 35.8 Å². The number of nitrogens with two attached hydrogens (primary N) is 1. The summed E-state index contributed by atoms with van der Waals surface area (Å²) in [6.07, 6.45) is 1.72. The molecular formula is C13H21N5. The Morgan fingerprint density at radius 3 is 2.78 bits per heavy atom. The molecule has 1 aromatic rings. The molecule has 5 heteroatoms. The zero-order chi connectivity index (χ0) is 13.3. The van der Waals surface area contributed by atoms with E-state index in [0.717, 1.165) is 24.5 Å². The molecule has 2 heterocycles. The number of likely N-dealkylation sites (N-methyl/N-ethyl adjacent to an activating group) is 1. The average molecular weight is 247 g/mol. The minimum Gasteiger partial charge on any atom is -0.384 e. The summed E-state index contributed by atoms with van der Waals surface area (Å²) in [6.45, 7) is 4.24. The van der Waals surface area contributed by atoms with Gasteiger partial charge in [-0.15, -0.1) is 0 Å². The molecule has 0 saturated carbocycles. The SMILES string of the molecule is CC1CN(c2cc(C(=N)N)ccn2)CC1N(C)C. The van der Waals surface area contributed by atoms with Crippen molar-refractivity contribution in [3.8, 4) is 0 Å². The van der Waals surface area contributed by atoms with Gasteiger partial charge in [0.25, 0.3) is 0 Å². The van der Waals surface area contributed by atoms with Crippen LogP contribution >= 0.6 is 0 Å². The maximum atomic E-state index is 7.47. The molecule has 0 aliphatic carbocycles. The van der Waals surface area contributed by atoms with Gasteiger partial charge in [-0.2, -0.15) is 0 Å². The second-order valence-corrected chi connectivity index (χ2v) is 5.23. The third kappa shape index (κ3) is 2.46. The summed E-state index contributed by atoms with van der Waals surface area (Å²) in [5.74, 6) is 1.62. The Labute approximate surface area is 108 Å². The molecule has 2 unspecified atom stereocenters. The smallest absolute Gasteiger partial charge is 0.129 e. The lowest BCUT2D eigenvalue weighted by Gasteiger charge is -2.22. The highest BCUT2D eigenvalue weighted by molar-refractivity contribution is 5.95. The van der Waals surface area contributed by atoms with Crippen LogP contribution in [0, 0.1) is 11.3 Å². The van der Waals surface area contributed by atoms with E-state index in [1.807, 2.05) is 6.07 Å². The Kier molecular flexibility index (Phi) is 3.52. The minimum absolute atomic E-state index is 0.0926. The van der Waals surface area contributed by atoms with Crippen LogP contribution in [-0.2, 0) is 0 Å². The van der Waals surface area contributed by atoms with Gasteiger partial charge in [0.15, 0.2) is 0 Å². The molecule has 0 spiro atoms. The number of pyridine rings is 1. The van der Waals surface area contributed by atoms with E-state index in [9.17, 15) is 0 Å². The summed E-state index contributed by atoms with van der Waals surface area (Å²) in [4.78, 5) is 8.92. The van der Waals surface area contributed by atoms with Gasteiger partial charge in [-0.25, -0.2) is 4.98 Å². The van der Waals surface area contributed by atoms with Gasteiger partial charge in [-0.05, 0) is 32.1 Å². The van der Waals surface area contributed by atoms with Crippen LogP contribution in [0.3, 0.4) is 0 Å². The topological polar surface area (TPSA) is 69.2 Å². The molecule has 0 aromatic carbocycles. The molecule has 0 radical (unpaired) electrons. The molecule has 2 atom stereocenters. The number of rotatable bonds is 3. The van der Waals surface area contributed by atoms with Gasteiger partial charge in [0.05, 0.1) is 0 Å². The Balaban J connectivity index is 2.18. The normalized spacial score (nSPS) is 23.7. The van der Waals surface area contributed by atoms with Crippen molar-refractivity contribution >= 4 is 11.7 Å². The molecule has 5 nitrogen and oxygen atoms in total. The van der Waals surface area contributed by atoms with Gasteiger partial charge in [-0.3, -0.25) is 5.41 Å². The van der Waals surface area contributed by atoms with Crippen LogP contribution in [0.5, 0.6) is 0 Å². The number of nitrogen functional groups attached to an aromatic ring is 1. The molecule has 0 amide bonds. The van der Waals surface area contributed by atoms with Crippen LogP contribution in [0.2, 0.25) is 0 Å². The monoisotopic (exact) mass is 247 g/mol. The van der Waals surface area contributed by atoms with Gasteiger partial charge in [0.2, 0.25) is 0 Å². The van der Waals surface area contributed by atoms with Crippen LogP contribution in [0.1, 0.15) is 12.5 Å². The Morgan fingerprint density at radius 1 is 1.50 bits per heavy atom. The summed E-state index contributed by atoms with van der Waals surface area (Å²) >= 11 is 0. The minimum atomic E-state index is 0.0926. The van der Waals surface area contributed by atoms with Crippen LogP contribution in [0.15, 0.2) is 18.3 Å². The Hall–Kier alpha value is -1.62. The largest absolute Gasteiger partial charge is 0.384 e. The van der Waals surface area contributed by atoms with Crippen molar-refractivity contribution in [2.75, 3.05) is 32.1 Å². The second-order valence-electron chi connectivity index (χ2n) is 5.23. The van der Waals surface area contributed by atoms with Gasteiger partial charge >= 0.3 is 0 Å². The van der Waals surface area contributed by atoms with Crippen molar-refractivity contribution < 1.29 is 0 Å². The molecule has 1 aliphatic rings. The summed E-state index contributed by atoms with van der Waals surface area (Å²) in [7, 11) is 4.23. The number of nitrogens with one attached hydrogen (secondary N) is 1. The maximum Gasteiger partial charge on any atom is 0.129 e. The highest BCUT2D eigenvalue weighted by Gasteiger charge is 2.31. The highest BCUT2D eigenvalue weighted by Crippen LogP contribution is 2.24. The predicted octanol–water partition coefficient (Wildman–Crippen LogP) is 0.752. The standard InChI is InChI=1S/C13H21N5/c1-9-7-18(8-11(9)17(2)3)12-6-10(13(14)15)4-5-16-12/h4-6,9,11H,7-8H2,1-3H3,(H3,14,15). The van der Waals surface area contributed by atoms with E-state index in [1.165, 1.54) is 0 Å². The van der Waals surface area contributed by atoms with E-state index >= 15 is 0 Å². The number of hydrogen-bond donors (Lipinski definition) is 2. The molecule has 1 fully saturated rings. The number of nitrogens with zero attached hydrogens (tertiary/aromatic N) is 3. The molecule has 2 rings (SSSR count). The first kappa shape index (κ1) is 12.8. The van der Waals surface area contributed by atoms with Gasteiger partial charge in [-0.1, -0.05) is 6.92 Å². The van der Waals surface area contributed by atoms with Crippen molar-refractivity contribution in [2.24, 2.45) is 11.7 Å². The van der Waals surface area contributed by atoms with Crippen LogP contribution in [-0.4, -0.2) is 48.9 Å². The first-order chi connectivity index (χ1) is 8.49. The van der Waals surface area contributed by atoms with E-state index in [-0.39, 0.29) is 5.84 Å². The number of anilines is 1. The van der Waals surface area contributed by atoms with Crippen LogP contribution in [0.4, 0.5) is 5.82 Å². The highest BCUT2D eigenvalue weighted by atomic mass is 15.3. The van der Waals surface area contributed by atoms with Gasteiger partial charge < -0.3 is 15.5 Å². The third-order valence-electron chi connectivity index (χ3n) is 3.62. The zero-order valence-corrected chi connectivity index (χ0v) is 11.2. The lowest BCUT2D eigenvalue weighted by molar-refractivity contribution is 0.266. The van der Waals surface area contributed by atoms with Gasteiger partial charge in [0.1, 0.15) is 11.7 Å². The molecule has 1 saturated heterocycles. The number of hydrogen-bond acceptors (Lipinski definition) is 4. The second kappa shape index (κ2) is 4.94. The van der Waals surface area contributed by atoms with E-state index < -0.39 is 0 Å². The zero-order valence-electron chi connectivity index (χ0n) is 11.2.